The third-order valence-electron chi connectivity index (χ3n) is 2.83. The first-order valence-electron chi connectivity index (χ1n) is 6.40. The molecule has 1 aromatic rings. The number of nitrogens with two attached hydrogens (primary N) is 1. The van der Waals surface area contributed by atoms with Crippen LogP contribution in [-0.4, -0.2) is 33.3 Å². The Kier molecular flexibility index (Phi) is 6.74. The van der Waals surface area contributed by atoms with E-state index in [9.17, 15) is 4.79 Å². The van der Waals surface area contributed by atoms with Gasteiger partial charge >= 0.3 is 5.97 Å². The van der Waals surface area contributed by atoms with Crippen molar-refractivity contribution in [3.05, 3.63) is 23.8 Å². The maximum Gasteiger partial charge on any atom is 0.340 e. The zero-order valence-corrected chi connectivity index (χ0v) is 11.6. The van der Waals surface area contributed by atoms with Crippen LogP contribution in [0.25, 0.3) is 0 Å². The standard InChI is InChI=1S/C14H22N2O3/c1-18-10-5-3-4-9-16-13-11(14(17)19-2)7-6-8-12(13)15/h6-8,16H,3-5,9-10,15H2,1-2H3. The molecule has 0 bridgehead atoms. The van der Waals surface area contributed by atoms with Gasteiger partial charge in [-0.15, -0.1) is 0 Å². The highest BCUT2D eigenvalue weighted by molar-refractivity contribution is 5.98. The van der Waals surface area contributed by atoms with Gasteiger partial charge in [0, 0.05) is 20.3 Å². The van der Waals surface area contributed by atoms with Crippen molar-refractivity contribution in [2.75, 3.05) is 38.4 Å². The predicted molar refractivity (Wildman–Crippen MR) is 76.4 cm³/mol. The molecule has 0 amide bonds. The molecule has 5 heteroatoms. The number of hydrogen-bond acceptors (Lipinski definition) is 5. The van der Waals surface area contributed by atoms with Gasteiger partial charge in [0.05, 0.1) is 24.0 Å². The molecule has 3 N–H and O–H groups in total. The largest absolute Gasteiger partial charge is 0.465 e. The van der Waals surface area contributed by atoms with Crippen LogP contribution >= 0.6 is 0 Å². The highest BCUT2D eigenvalue weighted by Crippen LogP contribution is 2.24. The van der Waals surface area contributed by atoms with Crippen LogP contribution in [0.5, 0.6) is 0 Å². The van der Waals surface area contributed by atoms with Crippen LogP contribution < -0.4 is 11.1 Å². The number of hydrogen-bond donors (Lipinski definition) is 2. The van der Waals surface area contributed by atoms with E-state index < -0.39 is 0 Å². The fourth-order valence-corrected chi connectivity index (χ4v) is 1.81. The molecule has 0 fully saturated rings. The molecule has 5 nitrogen and oxygen atoms in total. The van der Waals surface area contributed by atoms with Crippen molar-refractivity contribution in [3.63, 3.8) is 0 Å². The number of carbonyl (C=O) groups is 1. The van der Waals surface area contributed by atoms with Crippen LogP contribution in [0.15, 0.2) is 18.2 Å². The lowest BCUT2D eigenvalue weighted by Gasteiger charge is -2.13. The summed E-state index contributed by atoms with van der Waals surface area (Å²) in [6, 6.07) is 5.21. The van der Waals surface area contributed by atoms with Crippen LogP contribution in [-0.2, 0) is 9.47 Å². The third kappa shape index (κ3) is 4.79. The Morgan fingerprint density at radius 3 is 2.74 bits per heavy atom. The minimum Gasteiger partial charge on any atom is -0.465 e. The number of ether oxygens (including phenoxy) is 2. The van der Waals surface area contributed by atoms with Gasteiger partial charge in [-0.1, -0.05) is 6.07 Å². The molecule has 106 valence electrons. The van der Waals surface area contributed by atoms with Crippen molar-refractivity contribution in [1.29, 1.82) is 0 Å². The predicted octanol–water partition coefficient (Wildman–Crippen LogP) is 2.28. The summed E-state index contributed by atoms with van der Waals surface area (Å²) in [5, 5.41) is 3.21. The number of esters is 1. The van der Waals surface area contributed by atoms with Gasteiger partial charge in [0.15, 0.2) is 0 Å². The first-order chi connectivity index (χ1) is 9.20. The highest BCUT2D eigenvalue weighted by atomic mass is 16.5. The molecule has 0 radical (unpaired) electrons. The van der Waals surface area contributed by atoms with Crippen molar-refractivity contribution in [2.24, 2.45) is 0 Å². The summed E-state index contributed by atoms with van der Waals surface area (Å²) >= 11 is 0. The maximum atomic E-state index is 11.6. The van der Waals surface area contributed by atoms with E-state index in [0.29, 0.717) is 16.9 Å². The Labute approximate surface area is 114 Å². The van der Waals surface area contributed by atoms with Crippen LogP contribution in [0, 0.1) is 0 Å². The monoisotopic (exact) mass is 266 g/mol. The van der Waals surface area contributed by atoms with E-state index >= 15 is 0 Å². The fourth-order valence-electron chi connectivity index (χ4n) is 1.81. The van der Waals surface area contributed by atoms with E-state index in [2.05, 4.69) is 5.32 Å². The summed E-state index contributed by atoms with van der Waals surface area (Å²) in [5.74, 6) is -0.380. The van der Waals surface area contributed by atoms with Gasteiger partial charge in [-0.05, 0) is 31.4 Å². The Balaban J connectivity index is 2.54. The van der Waals surface area contributed by atoms with E-state index in [1.54, 1.807) is 25.3 Å². The number of benzene rings is 1. The maximum absolute atomic E-state index is 11.6. The van der Waals surface area contributed by atoms with Crippen LogP contribution in [0.4, 0.5) is 11.4 Å². The summed E-state index contributed by atoms with van der Waals surface area (Å²) in [7, 11) is 3.06. The SMILES string of the molecule is COCCCCCNc1c(N)cccc1C(=O)OC. The van der Waals surface area contributed by atoms with E-state index in [4.69, 9.17) is 15.2 Å². The Morgan fingerprint density at radius 1 is 1.26 bits per heavy atom. The van der Waals surface area contributed by atoms with E-state index in [1.807, 2.05) is 0 Å². The van der Waals surface area contributed by atoms with Crippen molar-refractivity contribution >= 4 is 17.3 Å². The average Bonchev–Trinajstić information content (AvgIpc) is 2.43. The van der Waals surface area contributed by atoms with E-state index in [-0.39, 0.29) is 5.97 Å². The molecule has 0 aliphatic rings. The summed E-state index contributed by atoms with van der Waals surface area (Å²) < 4.78 is 9.73. The van der Waals surface area contributed by atoms with Gasteiger partial charge in [-0.3, -0.25) is 0 Å². The molecule has 0 aliphatic heterocycles. The lowest BCUT2D eigenvalue weighted by atomic mass is 10.1. The first kappa shape index (κ1) is 15.3. The van der Waals surface area contributed by atoms with Gasteiger partial charge in [0.1, 0.15) is 0 Å². The van der Waals surface area contributed by atoms with Gasteiger partial charge in [0.2, 0.25) is 0 Å². The first-order valence-corrected chi connectivity index (χ1v) is 6.40. The minimum atomic E-state index is -0.380. The fraction of sp³-hybridized carbons (Fsp3) is 0.500. The zero-order valence-electron chi connectivity index (χ0n) is 11.6. The van der Waals surface area contributed by atoms with Gasteiger partial charge in [-0.2, -0.15) is 0 Å². The molecule has 0 unspecified atom stereocenters. The van der Waals surface area contributed by atoms with E-state index in [1.165, 1.54) is 7.11 Å². The normalized spacial score (nSPS) is 10.2. The zero-order chi connectivity index (χ0) is 14.1. The van der Waals surface area contributed by atoms with Gasteiger partial charge in [-0.25, -0.2) is 4.79 Å². The summed E-state index contributed by atoms with van der Waals surface area (Å²) in [5.41, 5.74) is 7.57. The van der Waals surface area contributed by atoms with Gasteiger partial charge < -0.3 is 20.5 Å². The number of methoxy groups -OCH3 is 2. The number of anilines is 2. The summed E-state index contributed by atoms with van der Waals surface area (Å²) in [6.45, 7) is 1.54. The Hall–Kier alpha value is -1.75. The molecule has 0 atom stereocenters. The van der Waals surface area contributed by atoms with Crippen molar-refractivity contribution in [1.82, 2.24) is 0 Å². The number of unbranched alkanes of at least 4 members (excludes halogenated alkanes) is 2. The van der Waals surface area contributed by atoms with Crippen molar-refractivity contribution in [3.8, 4) is 0 Å². The third-order valence-corrected chi connectivity index (χ3v) is 2.83. The molecule has 0 aliphatic carbocycles. The topological polar surface area (TPSA) is 73.6 Å². The Bertz CT molecular complexity index is 408. The number of nitrogens with one attached hydrogen (secondary N) is 1. The van der Waals surface area contributed by atoms with Crippen molar-refractivity contribution < 1.29 is 14.3 Å². The lowest BCUT2D eigenvalue weighted by molar-refractivity contribution is 0.0602. The van der Waals surface area contributed by atoms with Gasteiger partial charge in [0.25, 0.3) is 0 Å². The Morgan fingerprint density at radius 2 is 2.05 bits per heavy atom. The molecule has 0 saturated carbocycles. The highest BCUT2D eigenvalue weighted by Gasteiger charge is 2.13. The molecule has 0 spiro atoms. The quantitative estimate of drug-likeness (QED) is 0.429. The second kappa shape index (κ2) is 8.37. The second-order valence-electron chi connectivity index (χ2n) is 4.24. The summed E-state index contributed by atoms with van der Waals surface area (Å²) in [6.07, 6.45) is 3.10. The van der Waals surface area contributed by atoms with Crippen LogP contribution in [0.2, 0.25) is 0 Å². The lowest BCUT2D eigenvalue weighted by Crippen LogP contribution is -2.11. The molecule has 0 aromatic heterocycles. The van der Waals surface area contributed by atoms with E-state index in [0.717, 1.165) is 32.4 Å². The number of rotatable bonds is 8. The molecule has 1 rings (SSSR count). The minimum absolute atomic E-state index is 0.380. The average molecular weight is 266 g/mol. The number of para-hydroxylation sites is 1. The molecule has 0 heterocycles. The molecule has 0 saturated heterocycles. The molecular weight excluding hydrogens is 244 g/mol. The van der Waals surface area contributed by atoms with Crippen molar-refractivity contribution in [2.45, 2.75) is 19.3 Å². The molecular formula is C14H22N2O3. The smallest absolute Gasteiger partial charge is 0.340 e. The molecule has 1 aromatic carbocycles. The number of carbonyl (C=O) groups excluding carboxylic acids is 1. The second-order valence-corrected chi connectivity index (χ2v) is 4.24. The molecule has 19 heavy (non-hydrogen) atoms. The number of nitrogen functional groups attached to an aromatic ring is 1. The van der Waals surface area contributed by atoms with Crippen LogP contribution in [0.1, 0.15) is 29.6 Å². The summed E-state index contributed by atoms with van der Waals surface area (Å²) in [4.78, 5) is 11.6. The van der Waals surface area contributed by atoms with Crippen LogP contribution in [0.3, 0.4) is 0 Å².